The molecule has 3 aromatic rings. The molecule has 1 aliphatic heterocycles. The second-order valence-electron chi connectivity index (χ2n) is 6.66. The second kappa shape index (κ2) is 9.04. The lowest BCUT2D eigenvalue weighted by atomic mass is 10.1. The molecule has 0 saturated carbocycles. The smallest absolute Gasteiger partial charge is 0.231 e. The van der Waals surface area contributed by atoms with Crippen LogP contribution in [0.2, 0.25) is 0 Å². The molecule has 156 valence electrons. The highest BCUT2D eigenvalue weighted by Gasteiger charge is 2.17. The third kappa shape index (κ3) is 4.65. The molecule has 0 fully saturated rings. The third-order valence-corrected chi connectivity index (χ3v) is 5.55. The average Bonchev–Trinajstić information content (AvgIpc) is 3.41. The summed E-state index contributed by atoms with van der Waals surface area (Å²) in [4.78, 5) is 12.4. The summed E-state index contributed by atoms with van der Waals surface area (Å²) in [6.45, 7) is 2.66. The van der Waals surface area contributed by atoms with Gasteiger partial charge in [-0.2, -0.15) is 0 Å². The first kappa shape index (κ1) is 20.0. The van der Waals surface area contributed by atoms with Crippen LogP contribution in [-0.4, -0.2) is 45.8 Å². The van der Waals surface area contributed by atoms with Crippen LogP contribution in [0.25, 0.3) is 0 Å². The Kier molecular flexibility index (Phi) is 6.03. The molecule has 0 radical (unpaired) electrons. The number of carbonyl (C=O) groups is 1. The van der Waals surface area contributed by atoms with Crippen LogP contribution in [0.5, 0.6) is 17.2 Å². The molecule has 1 aromatic heterocycles. The van der Waals surface area contributed by atoms with Gasteiger partial charge < -0.3 is 19.5 Å². The maximum absolute atomic E-state index is 12.4. The van der Waals surface area contributed by atoms with Gasteiger partial charge in [0.15, 0.2) is 11.5 Å². The zero-order valence-corrected chi connectivity index (χ0v) is 17.4. The minimum absolute atomic E-state index is 0.107. The number of nitrogens with zero attached hydrogens (tertiary/aromatic N) is 4. The second-order valence-corrected chi connectivity index (χ2v) is 7.60. The number of thioether (sulfide) groups is 1. The number of fused-ring (bicyclic) bond motifs is 1. The van der Waals surface area contributed by atoms with Gasteiger partial charge in [0.1, 0.15) is 5.75 Å². The first-order valence-corrected chi connectivity index (χ1v) is 10.3. The van der Waals surface area contributed by atoms with Gasteiger partial charge in [0.25, 0.3) is 0 Å². The average molecular weight is 427 g/mol. The van der Waals surface area contributed by atoms with Crippen molar-refractivity contribution in [2.24, 2.45) is 0 Å². The first-order chi connectivity index (χ1) is 14.6. The number of hydrogen-bond acceptors (Lipinski definition) is 8. The van der Waals surface area contributed by atoms with E-state index in [4.69, 9.17) is 14.2 Å². The fraction of sp³-hybridized carbons (Fsp3) is 0.300. The summed E-state index contributed by atoms with van der Waals surface area (Å²) in [5, 5.41) is 15.3. The number of benzene rings is 2. The molecule has 2 heterocycles. The van der Waals surface area contributed by atoms with Crippen molar-refractivity contribution in [2.75, 3.05) is 19.7 Å². The molecular formula is C20H21N5O4S. The molecule has 0 spiro atoms. The summed E-state index contributed by atoms with van der Waals surface area (Å²) < 4.78 is 17.6. The quantitative estimate of drug-likeness (QED) is 0.547. The van der Waals surface area contributed by atoms with Gasteiger partial charge in [0.05, 0.1) is 25.4 Å². The van der Waals surface area contributed by atoms with Crippen molar-refractivity contribution in [1.29, 1.82) is 0 Å². The van der Waals surface area contributed by atoms with Crippen molar-refractivity contribution in [2.45, 2.75) is 24.7 Å². The molecule has 30 heavy (non-hydrogen) atoms. The molecule has 0 saturated heterocycles. The lowest BCUT2D eigenvalue weighted by molar-refractivity contribution is -0.119. The molecule has 1 amide bonds. The number of methoxy groups -OCH3 is 1. The van der Waals surface area contributed by atoms with E-state index >= 15 is 0 Å². The zero-order valence-electron chi connectivity index (χ0n) is 16.6. The molecule has 1 atom stereocenters. The maximum atomic E-state index is 12.4. The van der Waals surface area contributed by atoms with E-state index in [1.165, 1.54) is 11.8 Å². The summed E-state index contributed by atoms with van der Waals surface area (Å²) in [5.41, 5.74) is 1.98. The van der Waals surface area contributed by atoms with Crippen LogP contribution in [0.3, 0.4) is 0 Å². The van der Waals surface area contributed by atoms with E-state index in [0.717, 1.165) is 22.6 Å². The van der Waals surface area contributed by atoms with Crippen LogP contribution in [0.15, 0.2) is 47.6 Å². The Labute approximate surface area is 177 Å². The van der Waals surface area contributed by atoms with Crippen LogP contribution in [0.4, 0.5) is 0 Å². The normalized spacial score (nSPS) is 13.1. The lowest BCUT2D eigenvalue weighted by Gasteiger charge is -2.14. The van der Waals surface area contributed by atoms with Crippen LogP contribution in [0.1, 0.15) is 24.1 Å². The van der Waals surface area contributed by atoms with Gasteiger partial charge >= 0.3 is 0 Å². The van der Waals surface area contributed by atoms with Crippen molar-refractivity contribution in [3.63, 3.8) is 0 Å². The molecule has 9 nitrogen and oxygen atoms in total. The van der Waals surface area contributed by atoms with Crippen molar-refractivity contribution >= 4 is 17.7 Å². The number of amides is 1. The van der Waals surface area contributed by atoms with Crippen LogP contribution < -0.4 is 19.5 Å². The Morgan fingerprint density at radius 1 is 1.23 bits per heavy atom. The highest BCUT2D eigenvalue weighted by Crippen LogP contribution is 2.34. The lowest BCUT2D eigenvalue weighted by Crippen LogP contribution is -2.28. The minimum atomic E-state index is -0.164. The molecule has 4 rings (SSSR count). The van der Waals surface area contributed by atoms with E-state index in [2.05, 4.69) is 20.8 Å². The van der Waals surface area contributed by atoms with Crippen LogP contribution >= 0.6 is 11.8 Å². The van der Waals surface area contributed by atoms with Crippen molar-refractivity contribution < 1.29 is 19.0 Å². The number of tetrazole rings is 1. The Morgan fingerprint density at radius 2 is 2.03 bits per heavy atom. The highest BCUT2D eigenvalue weighted by atomic mass is 32.2. The standard InChI is InChI=1S/C20H21N5O4S/c1-13(15-5-8-17-18(9-15)29-12-28-17)21-19(26)11-30-20-22-23-24-25(20)10-14-3-6-16(27-2)7-4-14/h3-9,13H,10-12H2,1-2H3,(H,21,26)/t13-/m0/s1. The summed E-state index contributed by atoms with van der Waals surface area (Å²) in [5.74, 6) is 2.30. The number of carbonyl (C=O) groups excluding carboxylic acids is 1. The Balaban J connectivity index is 1.31. The molecule has 0 unspecified atom stereocenters. The topological polar surface area (TPSA) is 100 Å². The fourth-order valence-electron chi connectivity index (χ4n) is 2.98. The van der Waals surface area contributed by atoms with Crippen molar-refractivity contribution in [1.82, 2.24) is 25.5 Å². The number of ether oxygens (including phenoxy) is 3. The van der Waals surface area contributed by atoms with Crippen molar-refractivity contribution in [3.05, 3.63) is 53.6 Å². The Morgan fingerprint density at radius 3 is 2.83 bits per heavy atom. The van der Waals surface area contributed by atoms with Gasteiger partial charge in [-0.1, -0.05) is 30.0 Å². The van der Waals surface area contributed by atoms with Gasteiger partial charge in [0.2, 0.25) is 17.9 Å². The van der Waals surface area contributed by atoms with Gasteiger partial charge in [-0.3, -0.25) is 4.79 Å². The number of hydrogen-bond donors (Lipinski definition) is 1. The van der Waals surface area contributed by atoms with Gasteiger partial charge in [-0.25, -0.2) is 4.68 Å². The maximum Gasteiger partial charge on any atom is 0.231 e. The van der Waals surface area contributed by atoms with E-state index in [1.807, 2.05) is 49.4 Å². The van der Waals surface area contributed by atoms with Gasteiger partial charge in [-0.05, 0) is 52.7 Å². The predicted molar refractivity (Wildman–Crippen MR) is 110 cm³/mol. The third-order valence-electron chi connectivity index (χ3n) is 4.60. The Hall–Kier alpha value is -3.27. The molecule has 10 heteroatoms. The number of aromatic nitrogens is 4. The SMILES string of the molecule is COc1ccc(Cn2nnnc2SCC(=O)N[C@@H](C)c2ccc3c(c2)OCO3)cc1. The number of nitrogens with one attached hydrogen (secondary N) is 1. The Bertz CT molecular complexity index is 1020. The monoisotopic (exact) mass is 427 g/mol. The first-order valence-electron chi connectivity index (χ1n) is 9.33. The van der Waals surface area contributed by atoms with E-state index in [0.29, 0.717) is 17.5 Å². The molecule has 0 aliphatic carbocycles. The van der Waals surface area contributed by atoms with Crippen LogP contribution in [-0.2, 0) is 11.3 Å². The van der Waals surface area contributed by atoms with E-state index in [9.17, 15) is 4.79 Å². The van der Waals surface area contributed by atoms with E-state index in [-0.39, 0.29) is 24.5 Å². The zero-order chi connectivity index (χ0) is 20.9. The summed E-state index contributed by atoms with van der Waals surface area (Å²) >= 11 is 1.29. The van der Waals surface area contributed by atoms with Gasteiger partial charge in [0, 0.05) is 0 Å². The number of rotatable bonds is 8. The summed E-state index contributed by atoms with van der Waals surface area (Å²) in [6, 6.07) is 13.2. The molecule has 0 bridgehead atoms. The van der Waals surface area contributed by atoms with E-state index in [1.54, 1.807) is 11.8 Å². The van der Waals surface area contributed by atoms with Crippen LogP contribution in [0, 0.1) is 0 Å². The molecular weight excluding hydrogens is 406 g/mol. The van der Waals surface area contributed by atoms with Gasteiger partial charge in [-0.15, -0.1) is 5.10 Å². The summed E-state index contributed by atoms with van der Waals surface area (Å²) in [7, 11) is 1.63. The predicted octanol–water partition coefficient (Wildman–Crippen LogP) is 2.43. The van der Waals surface area contributed by atoms with E-state index < -0.39 is 0 Å². The largest absolute Gasteiger partial charge is 0.497 e. The molecule has 1 aliphatic rings. The molecule has 2 aromatic carbocycles. The fourth-order valence-corrected chi connectivity index (χ4v) is 3.67. The molecule has 1 N–H and O–H groups in total. The minimum Gasteiger partial charge on any atom is -0.497 e. The highest BCUT2D eigenvalue weighted by molar-refractivity contribution is 7.99. The summed E-state index contributed by atoms with van der Waals surface area (Å²) in [6.07, 6.45) is 0. The van der Waals surface area contributed by atoms with Crippen molar-refractivity contribution in [3.8, 4) is 17.2 Å².